The zero-order chi connectivity index (χ0) is 24.5. The molecule has 2 aromatic heterocycles. The minimum atomic E-state index is -0.197. The number of nitrogens with zero attached hydrogens (tertiary/aromatic N) is 4. The highest BCUT2D eigenvalue weighted by atomic mass is 35.5. The second-order valence-electron chi connectivity index (χ2n) is 9.56. The highest BCUT2D eigenvalue weighted by molar-refractivity contribution is 6.30. The van der Waals surface area contributed by atoms with Gasteiger partial charge in [0.05, 0.1) is 23.2 Å². The molecule has 2 N–H and O–H groups in total. The second-order valence-corrected chi connectivity index (χ2v) is 10.00. The lowest BCUT2D eigenvalue weighted by atomic mass is 9.89. The number of nitrogens with one attached hydrogen (secondary N) is 2. The molecule has 7 nitrogen and oxygen atoms in total. The molecule has 2 saturated heterocycles. The molecular weight excluding hydrogens is 543 g/mol. The third-order valence-electron chi connectivity index (χ3n) is 7.44. The van der Waals surface area contributed by atoms with E-state index >= 15 is 0 Å². The van der Waals surface area contributed by atoms with E-state index in [1.165, 1.54) is 0 Å². The lowest BCUT2D eigenvalue weighted by molar-refractivity contribution is -0.133. The molecule has 0 spiro atoms. The molecular formula is C28H31Cl3N6O. The zero-order valence-electron chi connectivity index (χ0n) is 20.8. The molecule has 38 heavy (non-hydrogen) atoms. The van der Waals surface area contributed by atoms with E-state index in [4.69, 9.17) is 11.6 Å². The number of aromatic nitrogens is 3. The average molecular weight is 574 g/mol. The first kappa shape index (κ1) is 28.2. The van der Waals surface area contributed by atoms with E-state index in [1.807, 2.05) is 59.8 Å². The largest absolute Gasteiger partial charge is 0.367 e. The van der Waals surface area contributed by atoms with Gasteiger partial charge in [0.1, 0.15) is 0 Å². The molecule has 1 amide bonds. The number of amides is 1. The quantitative estimate of drug-likeness (QED) is 0.339. The van der Waals surface area contributed by atoms with Crippen molar-refractivity contribution >= 4 is 59.0 Å². The number of carbonyl (C=O) groups is 1. The number of piperazine rings is 1. The normalized spacial score (nSPS) is 18.1. The monoisotopic (exact) mass is 572 g/mol. The molecule has 2 aliphatic rings. The lowest BCUT2D eigenvalue weighted by Crippen LogP contribution is -2.52. The average Bonchev–Trinajstić information content (AvgIpc) is 3.63. The van der Waals surface area contributed by atoms with Crippen LogP contribution in [0.2, 0.25) is 5.02 Å². The first-order valence-corrected chi connectivity index (χ1v) is 13.0. The molecule has 0 saturated carbocycles. The summed E-state index contributed by atoms with van der Waals surface area (Å²) in [6.07, 6.45) is 5.88. The van der Waals surface area contributed by atoms with E-state index in [0.717, 1.165) is 65.9 Å². The van der Waals surface area contributed by atoms with Gasteiger partial charge in [0.25, 0.3) is 0 Å². The Morgan fingerprint density at radius 2 is 1.71 bits per heavy atom. The maximum atomic E-state index is 13.9. The molecule has 0 aliphatic carbocycles. The number of aromatic amines is 1. The van der Waals surface area contributed by atoms with E-state index in [1.54, 1.807) is 0 Å². The number of carbonyl (C=O) groups excluding carboxylic acids is 1. The van der Waals surface area contributed by atoms with Crippen molar-refractivity contribution in [2.24, 2.45) is 0 Å². The van der Waals surface area contributed by atoms with Gasteiger partial charge in [0.2, 0.25) is 5.91 Å². The summed E-state index contributed by atoms with van der Waals surface area (Å²) in [6, 6.07) is 18.3. The van der Waals surface area contributed by atoms with Crippen LogP contribution < -0.4 is 10.2 Å². The minimum Gasteiger partial charge on any atom is -0.367 e. The van der Waals surface area contributed by atoms with Crippen LogP contribution in [0.4, 0.5) is 5.69 Å². The molecule has 10 heteroatoms. The topological polar surface area (TPSA) is 77.2 Å². The fourth-order valence-electron chi connectivity index (χ4n) is 5.62. The number of fused-ring (bicyclic) bond motifs is 1. The van der Waals surface area contributed by atoms with Gasteiger partial charge in [-0.3, -0.25) is 9.89 Å². The molecule has 0 unspecified atom stereocenters. The van der Waals surface area contributed by atoms with Crippen molar-refractivity contribution in [1.29, 1.82) is 0 Å². The Hall–Kier alpha value is -2.84. The minimum absolute atomic E-state index is 0. The van der Waals surface area contributed by atoms with E-state index < -0.39 is 0 Å². The predicted octanol–water partition coefficient (Wildman–Crippen LogP) is 5.31. The Balaban J connectivity index is 0.00000168. The van der Waals surface area contributed by atoms with Crippen LogP contribution in [0.15, 0.2) is 67.0 Å². The van der Waals surface area contributed by atoms with Crippen molar-refractivity contribution < 1.29 is 4.79 Å². The fourth-order valence-corrected chi connectivity index (χ4v) is 5.74. The van der Waals surface area contributed by atoms with Crippen LogP contribution in [0.3, 0.4) is 0 Å². The molecule has 2 fully saturated rings. The number of halogens is 3. The van der Waals surface area contributed by atoms with Crippen LogP contribution in [-0.4, -0.2) is 64.8 Å². The summed E-state index contributed by atoms with van der Waals surface area (Å²) in [4.78, 5) is 22.9. The molecule has 2 atom stereocenters. The molecule has 2 aromatic carbocycles. The van der Waals surface area contributed by atoms with E-state index in [9.17, 15) is 4.79 Å². The van der Waals surface area contributed by atoms with Crippen molar-refractivity contribution in [2.75, 3.05) is 37.6 Å². The van der Waals surface area contributed by atoms with Gasteiger partial charge < -0.3 is 15.1 Å². The van der Waals surface area contributed by atoms with E-state index in [2.05, 4.69) is 37.5 Å². The Kier molecular flexibility index (Phi) is 9.15. The predicted molar refractivity (Wildman–Crippen MR) is 158 cm³/mol. The van der Waals surface area contributed by atoms with Crippen molar-refractivity contribution in [2.45, 2.75) is 24.8 Å². The summed E-state index contributed by atoms with van der Waals surface area (Å²) in [7, 11) is 0. The maximum absolute atomic E-state index is 13.9. The van der Waals surface area contributed by atoms with Crippen molar-refractivity contribution in [1.82, 2.24) is 25.4 Å². The van der Waals surface area contributed by atoms with Gasteiger partial charge in [-0.15, -0.1) is 24.8 Å². The summed E-state index contributed by atoms with van der Waals surface area (Å²) in [5, 5.41) is 12.5. The van der Waals surface area contributed by atoms with Crippen molar-refractivity contribution in [3.05, 3.63) is 77.6 Å². The van der Waals surface area contributed by atoms with Gasteiger partial charge >= 0.3 is 0 Å². The van der Waals surface area contributed by atoms with Crippen LogP contribution in [0.1, 0.15) is 24.3 Å². The number of hydrogen-bond donors (Lipinski definition) is 2. The van der Waals surface area contributed by atoms with Gasteiger partial charge in [-0.1, -0.05) is 54.1 Å². The zero-order valence-corrected chi connectivity index (χ0v) is 23.2. The number of anilines is 1. The van der Waals surface area contributed by atoms with Crippen LogP contribution in [0.25, 0.3) is 22.2 Å². The van der Waals surface area contributed by atoms with Crippen LogP contribution >= 0.6 is 36.4 Å². The molecule has 6 rings (SSSR count). The first-order chi connectivity index (χ1) is 17.7. The molecule has 0 bridgehead atoms. The van der Waals surface area contributed by atoms with Gasteiger partial charge in [-0.2, -0.15) is 5.10 Å². The Morgan fingerprint density at radius 1 is 0.974 bits per heavy atom. The van der Waals surface area contributed by atoms with Gasteiger partial charge in [0, 0.05) is 49.0 Å². The van der Waals surface area contributed by atoms with Gasteiger partial charge in [-0.05, 0) is 42.6 Å². The molecule has 4 aromatic rings. The number of pyridine rings is 1. The summed E-state index contributed by atoms with van der Waals surface area (Å²) >= 11 is 6.14. The summed E-state index contributed by atoms with van der Waals surface area (Å²) in [6.45, 7) is 3.81. The second kappa shape index (κ2) is 12.3. The number of hydrogen-bond acceptors (Lipinski definition) is 5. The van der Waals surface area contributed by atoms with Gasteiger partial charge in [-0.25, -0.2) is 4.98 Å². The van der Waals surface area contributed by atoms with Crippen LogP contribution in [-0.2, 0) is 4.79 Å². The summed E-state index contributed by atoms with van der Waals surface area (Å²) in [5.41, 5.74) is 5.14. The maximum Gasteiger partial charge on any atom is 0.231 e. The fraction of sp³-hybridized carbons (Fsp3) is 0.321. The smallest absolute Gasteiger partial charge is 0.231 e. The van der Waals surface area contributed by atoms with E-state index in [-0.39, 0.29) is 42.7 Å². The standard InChI is InChI=1S/C28H29ClN6O.2ClH/c29-21-10-8-20(9-11-21)25(24-7-4-12-30-24)28(36)35-15-13-34(14-16-35)26-22(19-5-2-1-3-6-19)17-31-27-23(26)18-32-33-27;;/h1-3,5-6,8-11,17-18,24-25,30H,4,7,12-16H2,(H,31,32,33);2*1H/t24-,25-;;/m0../s1. The Labute approximate surface area is 239 Å². The molecule has 2 aliphatic heterocycles. The molecule has 200 valence electrons. The van der Waals surface area contributed by atoms with Crippen molar-refractivity contribution in [3.8, 4) is 11.1 Å². The molecule has 0 radical (unpaired) electrons. The lowest BCUT2D eigenvalue weighted by Gasteiger charge is -2.39. The van der Waals surface area contributed by atoms with Crippen LogP contribution in [0.5, 0.6) is 0 Å². The SMILES string of the molecule is Cl.Cl.O=C([C@@H](c1ccc(Cl)cc1)[C@@H]1CCCN1)N1CCN(c2c(-c3ccccc3)cnc3[nH]ncc23)CC1. The third-order valence-corrected chi connectivity index (χ3v) is 7.69. The van der Waals surface area contributed by atoms with E-state index in [0.29, 0.717) is 18.1 Å². The summed E-state index contributed by atoms with van der Waals surface area (Å²) in [5.74, 6) is 0.000504. The molecule has 4 heterocycles. The van der Waals surface area contributed by atoms with Gasteiger partial charge in [0.15, 0.2) is 5.65 Å². The third kappa shape index (κ3) is 5.47. The number of rotatable bonds is 5. The van der Waals surface area contributed by atoms with Crippen molar-refractivity contribution in [3.63, 3.8) is 0 Å². The summed E-state index contributed by atoms with van der Waals surface area (Å²) < 4.78 is 0. The number of H-pyrrole nitrogens is 1. The highest BCUT2D eigenvalue weighted by Gasteiger charge is 2.36. The number of benzene rings is 2. The highest BCUT2D eigenvalue weighted by Crippen LogP contribution is 2.37. The Bertz CT molecular complexity index is 1350. The Morgan fingerprint density at radius 3 is 2.39 bits per heavy atom. The van der Waals surface area contributed by atoms with Crippen LogP contribution in [0, 0.1) is 0 Å². The first-order valence-electron chi connectivity index (χ1n) is 12.6.